The Labute approximate surface area is 111 Å². The molecule has 0 amide bonds. The number of aromatic nitrogens is 4. The van der Waals surface area contributed by atoms with Crippen molar-refractivity contribution in [3.05, 3.63) is 22.7 Å². The Kier molecular flexibility index (Phi) is 2.79. The van der Waals surface area contributed by atoms with Gasteiger partial charge < -0.3 is 5.73 Å². The predicted octanol–water partition coefficient (Wildman–Crippen LogP) is 2.50. The highest BCUT2D eigenvalue weighted by atomic mass is 79.9. The molecule has 0 spiro atoms. The van der Waals surface area contributed by atoms with E-state index in [1.165, 1.54) is 11.8 Å². The Bertz CT molecular complexity index is 551. The molecule has 17 heavy (non-hydrogen) atoms. The van der Waals surface area contributed by atoms with Gasteiger partial charge in [0.05, 0.1) is 6.04 Å². The lowest BCUT2D eigenvalue weighted by molar-refractivity contribution is 0.565. The zero-order valence-electron chi connectivity index (χ0n) is 8.88. The van der Waals surface area contributed by atoms with Gasteiger partial charge in [-0.1, -0.05) is 15.9 Å². The fraction of sp³-hybridized carbons (Fsp3) is 0.300. The molecule has 1 aliphatic carbocycles. The van der Waals surface area contributed by atoms with Crippen molar-refractivity contribution in [2.75, 3.05) is 5.73 Å². The summed E-state index contributed by atoms with van der Waals surface area (Å²) in [6, 6.07) is 6.29. The second kappa shape index (κ2) is 4.30. The molecule has 1 heterocycles. The van der Waals surface area contributed by atoms with Crippen molar-refractivity contribution < 1.29 is 0 Å². The van der Waals surface area contributed by atoms with E-state index in [1.54, 1.807) is 0 Å². The third-order valence-electron chi connectivity index (χ3n) is 2.53. The van der Waals surface area contributed by atoms with E-state index in [9.17, 15) is 0 Å². The Balaban J connectivity index is 1.88. The molecule has 1 saturated carbocycles. The molecule has 1 aliphatic rings. The highest BCUT2D eigenvalue weighted by molar-refractivity contribution is 9.10. The van der Waals surface area contributed by atoms with Gasteiger partial charge in [0, 0.05) is 15.1 Å². The number of rotatable bonds is 3. The Hall–Kier alpha value is -1.08. The van der Waals surface area contributed by atoms with E-state index < -0.39 is 0 Å². The number of nitrogen functional groups attached to an aromatic ring is 1. The van der Waals surface area contributed by atoms with Gasteiger partial charge in [-0.3, -0.25) is 0 Å². The first-order chi connectivity index (χ1) is 8.24. The van der Waals surface area contributed by atoms with Gasteiger partial charge in [-0.25, -0.2) is 4.68 Å². The maximum atomic E-state index is 5.95. The van der Waals surface area contributed by atoms with Gasteiger partial charge in [-0.15, -0.1) is 5.10 Å². The molecule has 0 aliphatic heterocycles. The van der Waals surface area contributed by atoms with E-state index in [0.29, 0.717) is 6.04 Å². The third-order valence-corrected chi connectivity index (χ3v) is 4.06. The molecule has 0 unspecified atom stereocenters. The van der Waals surface area contributed by atoms with E-state index in [2.05, 4.69) is 31.5 Å². The van der Waals surface area contributed by atoms with Crippen LogP contribution >= 0.6 is 27.7 Å². The van der Waals surface area contributed by atoms with Crippen molar-refractivity contribution >= 4 is 33.4 Å². The average Bonchev–Trinajstić information content (AvgIpc) is 3.03. The summed E-state index contributed by atoms with van der Waals surface area (Å²) in [5, 5.41) is 12.6. The molecule has 0 bridgehead atoms. The molecule has 2 N–H and O–H groups in total. The largest absolute Gasteiger partial charge is 0.398 e. The van der Waals surface area contributed by atoms with Gasteiger partial charge in [0.1, 0.15) is 0 Å². The van der Waals surface area contributed by atoms with Crippen molar-refractivity contribution in [2.45, 2.75) is 28.9 Å². The average molecular weight is 312 g/mol. The molecule has 5 nitrogen and oxygen atoms in total. The number of hydrogen-bond acceptors (Lipinski definition) is 5. The van der Waals surface area contributed by atoms with Crippen LogP contribution in [0.25, 0.3) is 0 Å². The van der Waals surface area contributed by atoms with Crippen LogP contribution in [0.4, 0.5) is 5.69 Å². The highest BCUT2D eigenvalue weighted by Crippen LogP contribution is 2.39. The molecule has 1 aromatic carbocycles. The maximum Gasteiger partial charge on any atom is 0.214 e. The SMILES string of the molecule is Nc1cc(Br)ccc1Sc1nnnn1C1CC1. The van der Waals surface area contributed by atoms with Crippen molar-refractivity contribution in [1.29, 1.82) is 0 Å². The molecule has 1 fully saturated rings. The second-order valence-corrected chi connectivity index (χ2v) is 5.85. The quantitative estimate of drug-likeness (QED) is 0.882. The van der Waals surface area contributed by atoms with Gasteiger partial charge in [0.2, 0.25) is 5.16 Å². The summed E-state index contributed by atoms with van der Waals surface area (Å²) in [7, 11) is 0. The van der Waals surface area contributed by atoms with Gasteiger partial charge >= 0.3 is 0 Å². The number of hydrogen-bond donors (Lipinski definition) is 1. The maximum absolute atomic E-state index is 5.95. The molecular formula is C10H10BrN5S. The van der Waals surface area contributed by atoms with E-state index >= 15 is 0 Å². The normalized spacial score (nSPS) is 15.1. The number of tetrazole rings is 1. The minimum Gasteiger partial charge on any atom is -0.398 e. The topological polar surface area (TPSA) is 69.6 Å². The Morgan fingerprint density at radius 2 is 2.24 bits per heavy atom. The third kappa shape index (κ3) is 2.30. The minimum atomic E-state index is 0.476. The summed E-state index contributed by atoms with van der Waals surface area (Å²) in [6.45, 7) is 0. The number of nitrogens with two attached hydrogens (primary N) is 1. The molecule has 0 atom stereocenters. The number of anilines is 1. The molecule has 2 aromatic rings. The zero-order valence-corrected chi connectivity index (χ0v) is 11.3. The van der Waals surface area contributed by atoms with Gasteiger partial charge in [0.15, 0.2) is 0 Å². The van der Waals surface area contributed by atoms with Crippen molar-refractivity contribution in [3.63, 3.8) is 0 Å². The van der Waals surface area contributed by atoms with E-state index in [0.717, 1.165) is 33.1 Å². The summed E-state index contributed by atoms with van der Waals surface area (Å²) in [6.07, 6.45) is 2.32. The first-order valence-corrected chi connectivity index (χ1v) is 6.86. The lowest BCUT2D eigenvalue weighted by Gasteiger charge is -2.05. The molecule has 88 valence electrons. The van der Waals surface area contributed by atoms with Crippen LogP contribution in [0.5, 0.6) is 0 Å². The number of nitrogens with zero attached hydrogens (tertiary/aromatic N) is 4. The van der Waals surface area contributed by atoms with Crippen LogP contribution in [0.1, 0.15) is 18.9 Å². The van der Waals surface area contributed by atoms with E-state index in [4.69, 9.17) is 5.73 Å². The number of benzene rings is 1. The van der Waals surface area contributed by atoms with Crippen molar-refractivity contribution in [2.24, 2.45) is 0 Å². The van der Waals surface area contributed by atoms with E-state index in [1.807, 2.05) is 22.9 Å². The minimum absolute atomic E-state index is 0.476. The smallest absolute Gasteiger partial charge is 0.214 e. The Morgan fingerprint density at radius 3 is 2.94 bits per heavy atom. The second-order valence-electron chi connectivity index (χ2n) is 3.92. The fourth-order valence-electron chi connectivity index (χ4n) is 1.51. The summed E-state index contributed by atoms with van der Waals surface area (Å²) >= 11 is 4.89. The molecule has 7 heteroatoms. The summed E-state index contributed by atoms with van der Waals surface area (Å²) in [5.41, 5.74) is 6.68. The molecule has 3 rings (SSSR count). The first kappa shape index (κ1) is 11.0. The van der Waals surface area contributed by atoms with Crippen molar-refractivity contribution in [3.8, 4) is 0 Å². The van der Waals surface area contributed by atoms with Crippen LogP contribution in [0, 0.1) is 0 Å². The zero-order chi connectivity index (χ0) is 11.8. The van der Waals surface area contributed by atoms with E-state index in [-0.39, 0.29) is 0 Å². The summed E-state index contributed by atoms with van der Waals surface area (Å²) in [5.74, 6) is 0. The van der Waals surface area contributed by atoms with Gasteiger partial charge in [0.25, 0.3) is 0 Å². The standard InChI is InChI=1S/C10H10BrN5S/c11-6-1-4-9(8(12)5-6)17-10-13-14-15-16(10)7-2-3-7/h1,4-5,7H,2-3,12H2. The summed E-state index contributed by atoms with van der Waals surface area (Å²) in [4.78, 5) is 0.977. The lowest BCUT2D eigenvalue weighted by atomic mass is 10.3. The molecular weight excluding hydrogens is 302 g/mol. The highest BCUT2D eigenvalue weighted by Gasteiger charge is 2.28. The van der Waals surface area contributed by atoms with Crippen molar-refractivity contribution in [1.82, 2.24) is 20.2 Å². The van der Waals surface area contributed by atoms with Crippen LogP contribution in [0.15, 0.2) is 32.7 Å². The fourth-order valence-corrected chi connectivity index (χ4v) is 2.76. The number of halogens is 1. The van der Waals surface area contributed by atoms with Crippen LogP contribution in [-0.4, -0.2) is 20.2 Å². The summed E-state index contributed by atoms with van der Waals surface area (Å²) < 4.78 is 2.85. The van der Waals surface area contributed by atoms with Crippen LogP contribution in [-0.2, 0) is 0 Å². The van der Waals surface area contributed by atoms with Gasteiger partial charge in [-0.05, 0) is 53.2 Å². The molecule has 0 saturated heterocycles. The van der Waals surface area contributed by atoms with Gasteiger partial charge in [-0.2, -0.15) is 0 Å². The predicted molar refractivity (Wildman–Crippen MR) is 68.8 cm³/mol. The van der Waals surface area contributed by atoms with Crippen LogP contribution < -0.4 is 5.73 Å². The van der Waals surface area contributed by atoms with Crippen LogP contribution in [0.2, 0.25) is 0 Å². The molecule has 1 aromatic heterocycles. The Morgan fingerprint density at radius 1 is 1.41 bits per heavy atom. The monoisotopic (exact) mass is 311 g/mol. The first-order valence-electron chi connectivity index (χ1n) is 5.25. The lowest BCUT2D eigenvalue weighted by Crippen LogP contribution is -1.99. The molecule has 0 radical (unpaired) electrons. The van der Waals surface area contributed by atoms with Crippen LogP contribution in [0.3, 0.4) is 0 Å².